The molecule has 94 valence electrons. The third-order valence-electron chi connectivity index (χ3n) is 3.81. The van der Waals surface area contributed by atoms with E-state index in [1.165, 1.54) is 37.8 Å². The van der Waals surface area contributed by atoms with Crippen LogP contribution in [0.3, 0.4) is 0 Å². The third kappa shape index (κ3) is 3.83. The van der Waals surface area contributed by atoms with Crippen molar-refractivity contribution in [2.45, 2.75) is 44.7 Å². The van der Waals surface area contributed by atoms with Crippen molar-refractivity contribution in [3.05, 3.63) is 35.9 Å². The molecular weight excluding hydrogens is 208 g/mol. The van der Waals surface area contributed by atoms with Gasteiger partial charge in [0.15, 0.2) is 0 Å². The Kier molecular flexibility index (Phi) is 4.57. The van der Waals surface area contributed by atoms with Gasteiger partial charge in [-0.1, -0.05) is 30.3 Å². The van der Waals surface area contributed by atoms with E-state index in [2.05, 4.69) is 42.2 Å². The van der Waals surface area contributed by atoms with Gasteiger partial charge >= 0.3 is 0 Å². The maximum Gasteiger partial charge on any atom is 0.0168 e. The minimum Gasteiger partial charge on any atom is -0.327 e. The molecule has 0 amide bonds. The molecule has 0 spiro atoms. The zero-order valence-corrected chi connectivity index (χ0v) is 10.8. The summed E-state index contributed by atoms with van der Waals surface area (Å²) in [5.41, 5.74) is 7.47. The fourth-order valence-corrected chi connectivity index (χ4v) is 2.64. The zero-order chi connectivity index (χ0) is 12.1. The van der Waals surface area contributed by atoms with Crippen molar-refractivity contribution in [3.63, 3.8) is 0 Å². The molecule has 0 bridgehead atoms. The minimum atomic E-state index is 0.392. The summed E-state index contributed by atoms with van der Waals surface area (Å²) in [4.78, 5) is 2.55. The van der Waals surface area contributed by atoms with Crippen LogP contribution in [0.2, 0.25) is 0 Å². The number of likely N-dealkylation sites (tertiary alicyclic amines) is 1. The quantitative estimate of drug-likeness (QED) is 0.864. The van der Waals surface area contributed by atoms with Gasteiger partial charge in [0, 0.05) is 18.6 Å². The van der Waals surface area contributed by atoms with Gasteiger partial charge in [-0.15, -0.1) is 0 Å². The van der Waals surface area contributed by atoms with Crippen molar-refractivity contribution in [3.8, 4) is 0 Å². The topological polar surface area (TPSA) is 29.3 Å². The monoisotopic (exact) mass is 232 g/mol. The molecule has 2 nitrogen and oxygen atoms in total. The highest BCUT2D eigenvalue weighted by Crippen LogP contribution is 2.15. The first kappa shape index (κ1) is 12.6. The molecule has 1 aromatic carbocycles. The van der Waals surface area contributed by atoms with Crippen molar-refractivity contribution < 1.29 is 0 Å². The molecule has 1 aliphatic heterocycles. The summed E-state index contributed by atoms with van der Waals surface area (Å²) in [6.07, 6.45) is 4.86. The van der Waals surface area contributed by atoms with E-state index in [0.717, 1.165) is 6.54 Å². The van der Waals surface area contributed by atoms with E-state index in [0.29, 0.717) is 12.1 Å². The Morgan fingerprint density at radius 2 is 2.12 bits per heavy atom. The summed E-state index contributed by atoms with van der Waals surface area (Å²) in [6.45, 7) is 4.64. The van der Waals surface area contributed by atoms with E-state index in [9.17, 15) is 0 Å². The summed E-state index contributed by atoms with van der Waals surface area (Å²) >= 11 is 0. The molecule has 0 saturated carbocycles. The lowest BCUT2D eigenvalue weighted by molar-refractivity contribution is 0.152. The van der Waals surface area contributed by atoms with E-state index in [4.69, 9.17) is 5.73 Å². The standard InChI is InChI=1S/C15H24N2/c1-13(17-11-5-8-15(16)12-17)9-10-14-6-3-2-4-7-14/h2-4,6-7,13,15H,5,8-12,16H2,1H3. The molecule has 2 atom stereocenters. The Balaban J connectivity index is 1.79. The number of hydrogen-bond acceptors (Lipinski definition) is 2. The molecule has 1 saturated heterocycles. The van der Waals surface area contributed by atoms with Crippen LogP contribution in [0.4, 0.5) is 0 Å². The summed E-state index contributed by atoms with van der Waals surface area (Å²) < 4.78 is 0. The van der Waals surface area contributed by atoms with Crippen LogP contribution in [0, 0.1) is 0 Å². The van der Waals surface area contributed by atoms with Gasteiger partial charge in [0.05, 0.1) is 0 Å². The van der Waals surface area contributed by atoms with Gasteiger partial charge in [0.1, 0.15) is 0 Å². The fraction of sp³-hybridized carbons (Fsp3) is 0.600. The Morgan fingerprint density at radius 1 is 1.35 bits per heavy atom. The molecule has 2 unspecified atom stereocenters. The Hall–Kier alpha value is -0.860. The maximum absolute atomic E-state index is 6.03. The van der Waals surface area contributed by atoms with Gasteiger partial charge in [0.2, 0.25) is 0 Å². The number of aryl methyl sites for hydroxylation is 1. The van der Waals surface area contributed by atoms with Crippen molar-refractivity contribution in [2.24, 2.45) is 5.73 Å². The second kappa shape index (κ2) is 6.18. The van der Waals surface area contributed by atoms with E-state index in [1.54, 1.807) is 0 Å². The van der Waals surface area contributed by atoms with Crippen LogP contribution in [0.25, 0.3) is 0 Å². The first-order chi connectivity index (χ1) is 8.25. The average molecular weight is 232 g/mol. The van der Waals surface area contributed by atoms with Gasteiger partial charge in [-0.25, -0.2) is 0 Å². The number of nitrogens with two attached hydrogens (primary N) is 1. The van der Waals surface area contributed by atoms with Crippen molar-refractivity contribution in [1.82, 2.24) is 4.90 Å². The van der Waals surface area contributed by atoms with E-state index < -0.39 is 0 Å². The Labute approximate surface area is 105 Å². The lowest BCUT2D eigenvalue weighted by Crippen LogP contribution is -2.46. The molecule has 1 heterocycles. The van der Waals surface area contributed by atoms with Crippen molar-refractivity contribution in [1.29, 1.82) is 0 Å². The molecule has 1 fully saturated rings. The molecule has 2 N–H and O–H groups in total. The average Bonchev–Trinajstić information content (AvgIpc) is 2.37. The predicted octanol–water partition coefficient (Wildman–Crippen LogP) is 2.43. The molecule has 2 rings (SSSR count). The minimum absolute atomic E-state index is 0.392. The van der Waals surface area contributed by atoms with Crippen molar-refractivity contribution >= 4 is 0 Å². The fourth-order valence-electron chi connectivity index (χ4n) is 2.64. The van der Waals surface area contributed by atoms with Gasteiger partial charge in [-0.3, -0.25) is 4.90 Å². The number of benzene rings is 1. The van der Waals surface area contributed by atoms with Gasteiger partial charge < -0.3 is 5.73 Å². The number of hydrogen-bond donors (Lipinski definition) is 1. The van der Waals surface area contributed by atoms with Crippen LogP contribution in [-0.2, 0) is 6.42 Å². The molecule has 2 heteroatoms. The number of nitrogens with zero attached hydrogens (tertiary/aromatic N) is 1. The largest absolute Gasteiger partial charge is 0.327 e. The summed E-state index contributed by atoms with van der Waals surface area (Å²) in [5.74, 6) is 0. The Bertz CT molecular complexity index is 323. The van der Waals surface area contributed by atoms with E-state index >= 15 is 0 Å². The molecule has 17 heavy (non-hydrogen) atoms. The molecule has 0 radical (unpaired) electrons. The third-order valence-corrected chi connectivity index (χ3v) is 3.81. The lowest BCUT2D eigenvalue weighted by Gasteiger charge is -2.35. The summed E-state index contributed by atoms with van der Waals surface area (Å²) in [5, 5.41) is 0. The van der Waals surface area contributed by atoms with Crippen LogP contribution in [0.1, 0.15) is 31.7 Å². The highest BCUT2D eigenvalue weighted by Gasteiger charge is 2.20. The zero-order valence-electron chi connectivity index (χ0n) is 10.8. The first-order valence-corrected chi connectivity index (χ1v) is 6.79. The van der Waals surface area contributed by atoms with Gasteiger partial charge in [0.25, 0.3) is 0 Å². The smallest absolute Gasteiger partial charge is 0.0168 e. The van der Waals surface area contributed by atoms with E-state index in [-0.39, 0.29) is 0 Å². The van der Waals surface area contributed by atoms with Gasteiger partial charge in [-0.05, 0) is 44.7 Å². The van der Waals surface area contributed by atoms with Crippen LogP contribution in [0.15, 0.2) is 30.3 Å². The SMILES string of the molecule is CC(CCc1ccccc1)N1CCCC(N)C1. The normalized spacial score (nSPS) is 23.5. The number of piperidine rings is 1. The predicted molar refractivity (Wildman–Crippen MR) is 73.0 cm³/mol. The molecule has 0 aliphatic carbocycles. The second-order valence-electron chi connectivity index (χ2n) is 5.27. The summed E-state index contributed by atoms with van der Waals surface area (Å²) in [6, 6.07) is 11.8. The van der Waals surface area contributed by atoms with Crippen molar-refractivity contribution in [2.75, 3.05) is 13.1 Å². The van der Waals surface area contributed by atoms with Crippen LogP contribution in [-0.4, -0.2) is 30.1 Å². The molecular formula is C15H24N2. The molecule has 1 aliphatic rings. The molecule has 0 aromatic heterocycles. The number of rotatable bonds is 4. The Morgan fingerprint density at radius 3 is 2.82 bits per heavy atom. The van der Waals surface area contributed by atoms with Gasteiger partial charge in [-0.2, -0.15) is 0 Å². The molecule has 1 aromatic rings. The van der Waals surface area contributed by atoms with Crippen LogP contribution < -0.4 is 5.73 Å². The maximum atomic E-state index is 6.03. The first-order valence-electron chi connectivity index (χ1n) is 6.79. The highest BCUT2D eigenvalue weighted by atomic mass is 15.2. The summed E-state index contributed by atoms with van der Waals surface area (Å²) in [7, 11) is 0. The lowest BCUT2D eigenvalue weighted by atomic mass is 10.0. The van der Waals surface area contributed by atoms with Crippen LogP contribution in [0.5, 0.6) is 0 Å². The van der Waals surface area contributed by atoms with E-state index in [1.807, 2.05) is 0 Å². The van der Waals surface area contributed by atoms with Crippen LogP contribution >= 0.6 is 0 Å². The second-order valence-corrected chi connectivity index (χ2v) is 5.27. The highest BCUT2D eigenvalue weighted by molar-refractivity contribution is 5.14.